The van der Waals surface area contributed by atoms with Crippen LogP contribution in [-0.2, 0) is 14.4 Å². The second-order valence-electron chi connectivity index (χ2n) is 9.45. The molecule has 8 nitrogen and oxygen atoms in total. The monoisotopic (exact) mass is 534 g/mol. The van der Waals surface area contributed by atoms with Gasteiger partial charge in [-0.05, 0) is 36.5 Å². The van der Waals surface area contributed by atoms with E-state index in [9.17, 15) is 19.2 Å². The van der Waals surface area contributed by atoms with Crippen LogP contribution in [0.1, 0.15) is 56.8 Å². The summed E-state index contributed by atoms with van der Waals surface area (Å²) in [5.41, 5.74) is 0.922. The zero-order valence-electron chi connectivity index (χ0n) is 20.3. The number of rotatable bonds is 6. The summed E-state index contributed by atoms with van der Waals surface area (Å²) in [5, 5.41) is 2.84. The molecule has 0 saturated carbocycles. The molecule has 186 valence electrons. The third-order valence-electron chi connectivity index (χ3n) is 6.74. The van der Waals surface area contributed by atoms with Crippen LogP contribution in [0.2, 0.25) is 0 Å². The summed E-state index contributed by atoms with van der Waals surface area (Å²) in [6.45, 7) is 9.29. The van der Waals surface area contributed by atoms with Crippen LogP contribution < -0.4 is 5.32 Å². The molecule has 0 radical (unpaired) electrons. The Labute approximate surface area is 210 Å². The molecule has 0 bridgehead atoms. The molecule has 2 saturated heterocycles. The van der Waals surface area contributed by atoms with E-state index in [0.717, 1.165) is 23.9 Å². The fourth-order valence-corrected chi connectivity index (χ4v) is 5.14. The Morgan fingerprint density at radius 2 is 1.68 bits per heavy atom. The van der Waals surface area contributed by atoms with Gasteiger partial charge in [-0.15, -0.1) is 0 Å². The third-order valence-corrected chi connectivity index (χ3v) is 7.23. The van der Waals surface area contributed by atoms with Crippen LogP contribution in [0.4, 0.5) is 5.69 Å². The lowest BCUT2D eigenvalue weighted by atomic mass is 9.88. The van der Waals surface area contributed by atoms with Crippen molar-refractivity contribution in [1.82, 2.24) is 14.7 Å². The van der Waals surface area contributed by atoms with E-state index in [4.69, 9.17) is 0 Å². The number of halogens is 1. The van der Waals surface area contributed by atoms with Crippen LogP contribution in [0, 0.1) is 11.8 Å². The van der Waals surface area contributed by atoms with Gasteiger partial charge in [0.15, 0.2) is 0 Å². The SMILES string of the molecule is CCC1CC(C)CN(C(=O)c2cc(Br)ccc2NC(=O)CCC(=O)N2CCN(C(C)=O)CC2)C1. The van der Waals surface area contributed by atoms with Gasteiger partial charge >= 0.3 is 0 Å². The highest BCUT2D eigenvalue weighted by atomic mass is 79.9. The van der Waals surface area contributed by atoms with Gasteiger partial charge in [0.2, 0.25) is 17.7 Å². The minimum Gasteiger partial charge on any atom is -0.339 e. The van der Waals surface area contributed by atoms with Crippen LogP contribution in [0.15, 0.2) is 22.7 Å². The summed E-state index contributed by atoms with van der Waals surface area (Å²) in [6.07, 6.45) is 2.29. The minimum absolute atomic E-state index is 0.00977. The summed E-state index contributed by atoms with van der Waals surface area (Å²) in [5.74, 6) is 0.456. The Morgan fingerprint density at radius 1 is 1.00 bits per heavy atom. The first kappa shape index (κ1) is 26.2. The number of nitrogens with zero attached hydrogens (tertiary/aromatic N) is 3. The minimum atomic E-state index is -0.300. The first-order valence-electron chi connectivity index (χ1n) is 12.1. The maximum absolute atomic E-state index is 13.4. The second kappa shape index (κ2) is 11.8. The molecule has 2 aliphatic rings. The van der Waals surface area contributed by atoms with Gasteiger partial charge in [-0.1, -0.05) is 36.2 Å². The highest BCUT2D eigenvalue weighted by Crippen LogP contribution is 2.28. The predicted molar refractivity (Wildman–Crippen MR) is 134 cm³/mol. The van der Waals surface area contributed by atoms with Gasteiger partial charge in [-0.25, -0.2) is 0 Å². The number of piperidine rings is 1. The van der Waals surface area contributed by atoms with E-state index in [2.05, 4.69) is 35.1 Å². The Kier molecular flexibility index (Phi) is 9.10. The van der Waals surface area contributed by atoms with Crippen molar-refractivity contribution in [2.75, 3.05) is 44.6 Å². The molecular formula is C25H35BrN4O4. The largest absolute Gasteiger partial charge is 0.339 e. The van der Waals surface area contributed by atoms with Crippen LogP contribution in [0.3, 0.4) is 0 Å². The summed E-state index contributed by atoms with van der Waals surface area (Å²) in [4.78, 5) is 55.3. The van der Waals surface area contributed by atoms with Crippen LogP contribution in [-0.4, -0.2) is 77.6 Å². The Balaban J connectivity index is 1.59. The highest BCUT2D eigenvalue weighted by molar-refractivity contribution is 9.10. The van der Waals surface area contributed by atoms with Crippen molar-refractivity contribution in [3.05, 3.63) is 28.2 Å². The summed E-state index contributed by atoms with van der Waals surface area (Å²) >= 11 is 3.44. The highest BCUT2D eigenvalue weighted by Gasteiger charge is 2.29. The molecule has 0 aromatic heterocycles. The first-order valence-corrected chi connectivity index (χ1v) is 12.9. The Bertz CT molecular complexity index is 929. The molecule has 2 atom stereocenters. The average molecular weight is 535 g/mol. The number of anilines is 1. The molecule has 0 spiro atoms. The van der Waals surface area contributed by atoms with Crippen molar-refractivity contribution >= 4 is 45.2 Å². The maximum atomic E-state index is 13.4. The van der Waals surface area contributed by atoms with E-state index in [1.165, 1.54) is 6.92 Å². The van der Waals surface area contributed by atoms with Gasteiger partial charge in [-0.3, -0.25) is 19.2 Å². The number of carbonyl (C=O) groups excluding carboxylic acids is 4. The lowest BCUT2D eigenvalue weighted by Gasteiger charge is -2.36. The fourth-order valence-electron chi connectivity index (χ4n) is 4.78. The first-order chi connectivity index (χ1) is 16.2. The predicted octanol–water partition coefficient (Wildman–Crippen LogP) is 3.37. The molecule has 34 heavy (non-hydrogen) atoms. The van der Waals surface area contributed by atoms with Crippen molar-refractivity contribution in [1.29, 1.82) is 0 Å². The number of carbonyl (C=O) groups is 4. The van der Waals surface area contributed by atoms with Crippen molar-refractivity contribution in [3.8, 4) is 0 Å². The molecule has 1 aromatic rings. The van der Waals surface area contributed by atoms with Gasteiger partial charge < -0.3 is 20.0 Å². The number of nitrogens with one attached hydrogen (secondary N) is 1. The zero-order valence-corrected chi connectivity index (χ0v) is 21.9. The number of hydrogen-bond donors (Lipinski definition) is 1. The lowest BCUT2D eigenvalue weighted by molar-refractivity contribution is -0.138. The van der Waals surface area contributed by atoms with Gasteiger partial charge in [0.05, 0.1) is 11.3 Å². The number of benzene rings is 1. The number of amides is 4. The molecule has 2 unspecified atom stereocenters. The van der Waals surface area contributed by atoms with Gasteiger partial charge in [0, 0.05) is 63.5 Å². The molecule has 1 N–H and O–H groups in total. The molecule has 4 amide bonds. The molecule has 3 rings (SSSR count). The van der Waals surface area contributed by atoms with Crippen LogP contribution in [0.5, 0.6) is 0 Å². The fraction of sp³-hybridized carbons (Fsp3) is 0.600. The second-order valence-corrected chi connectivity index (χ2v) is 10.4. The van der Waals surface area contributed by atoms with Crippen molar-refractivity contribution in [3.63, 3.8) is 0 Å². The van der Waals surface area contributed by atoms with Gasteiger partial charge in [-0.2, -0.15) is 0 Å². The number of piperazine rings is 1. The Morgan fingerprint density at radius 3 is 2.32 bits per heavy atom. The van der Waals surface area contributed by atoms with E-state index in [-0.39, 0.29) is 36.5 Å². The molecular weight excluding hydrogens is 500 g/mol. The van der Waals surface area contributed by atoms with Crippen LogP contribution >= 0.6 is 15.9 Å². The standard InChI is InChI=1S/C25H35BrN4O4/c1-4-19-13-17(2)15-30(16-19)25(34)21-14-20(26)5-6-22(21)27-23(32)7-8-24(33)29-11-9-28(10-12-29)18(3)31/h5-6,14,17,19H,4,7-13,15-16H2,1-3H3,(H,27,32). The summed E-state index contributed by atoms with van der Waals surface area (Å²) in [7, 11) is 0. The van der Waals surface area contributed by atoms with E-state index in [1.54, 1.807) is 28.0 Å². The van der Waals surface area contributed by atoms with E-state index < -0.39 is 0 Å². The van der Waals surface area contributed by atoms with Gasteiger partial charge in [0.1, 0.15) is 0 Å². The molecule has 2 fully saturated rings. The normalized spacial score (nSPS) is 20.8. The zero-order chi connectivity index (χ0) is 24.8. The Hall–Kier alpha value is -2.42. The third kappa shape index (κ3) is 6.81. The van der Waals surface area contributed by atoms with Crippen molar-refractivity contribution in [2.45, 2.75) is 46.5 Å². The topological polar surface area (TPSA) is 90.0 Å². The lowest BCUT2D eigenvalue weighted by Crippen LogP contribution is -2.50. The van der Waals surface area contributed by atoms with E-state index in [0.29, 0.717) is 55.8 Å². The van der Waals surface area contributed by atoms with E-state index >= 15 is 0 Å². The smallest absolute Gasteiger partial charge is 0.256 e. The quantitative estimate of drug-likeness (QED) is 0.605. The molecule has 9 heteroatoms. The molecule has 2 heterocycles. The molecule has 1 aromatic carbocycles. The van der Waals surface area contributed by atoms with E-state index in [1.807, 2.05) is 4.90 Å². The van der Waals surface area contributed by atoms with Crippen molar-refractivity contribution < 1.29 is 19.2 Å². The van der Waals surface area contributed by atoms with Crippen LogP contribution in [0.25, 0.3) is 0 Å². The molecule has 0 aliphatic carbocycles. The maximum Gasteiger partial charge on any atom is 0.256 e. The molecule has 2 aliphatic heterocycles. The van der Waals surface area contributed by atoms with Crippen molar-refractivity contribution in [2.24, 2.45) is 11.8 Å². The summed E-state index contributed by atoms with van der Waals surface area (Å²) < 4.78 is 0.769. The van der Waals surface area contributed by atoms with Gasteiger partial charge in [0.25, 0.3) is 5.91 Å². The number of hydrogen-bond acceptors (Lipinski definition) is 4. The average Bonchev–Trinajstić information content (AvgIpc) is 2.82. The number of likely N-dealkylation sites (tertiary alicyclic amines) is 1. The summed E-state index contributed by atoms with van der Waals surface area (Å²) in [6, 6.07) is 5.26.